The number of nitrogens with one attached hydrogen (secondary N) is 1. The van der Waals surface area contributed by atoms with Gasteiger partial charge in [-0.05, 0) is 13.5 Å². The third-order valence-electron chi connectivity index (χ3n) is 1.61. The molecule has 0 aliphatic carbocycles. The van der Waals surface area contributed by atoms with Crippen LogP contribution in [0.2, 0.25) is 0 Å². The molecule has 0 rings (SSSR count). The molecule has 1 unspecified atom stereocenters. The summed E-state index contributed by atoms with van der Waals surface area (Å²) in [5.41, 5.74) is 0. The summed E-state index contributed by atoms with van der Waals surface area (Å²) in [6, 6.07) is 0.374. The van der Waals surface area contributed by atoms with Crippen molar-refractivity contribution in [2.45, 2.75) is 12.5 Å². The van der Waals surface area contributed by atoms with Crippen LogP contribution in [0.15, 0.2) is 12.7 Å². The number of hydrogen-bond acceptors (Lipinski definition) is 3. The van der Waals surface area contributed by atoms with E-state index < -0.39 is 0 Å². The largest absolute Gasteiger partial charge is 0.382 e. The van der Waals surface area contributed by atoms with E-state index in [9.17, 15) is 0 Å². The van der Waals surface area contributed by atoms with Crippen molar-refractivity contribution >= 4 is 0 Å². The van der Waals surface area contributed by atoms with Crippen LogP contribution in [0, 0.1) is 0 Å². The molecule has 0 spiro atoms. The van der Waals surface area contributed by atoms with E-state index in [-0.39, 0.29) is 0 Å². The average molecular weight is 173 g/mol. The Labute approximate surface area is 74.7 Å². The molecule has 0 saturated heterocycles. The first-order valence-corrected chi connectivity index (χ1v) is 4.20. The Morgan fingerprint density at radius 1 is 1.50 bits per heavy atom. The molecule has 0 bridgehead atoms. The zero-order chi connectivity index (χ0) is 9.23. The van der Waals surface area contributed by atoms with Crippen molar-refractivity contribution in [1.29, 1.82) is 0 Å². The minimum Gasteiger partial charge on any atom is -0.382 e. The number of ether oxygens (including phenoxy) is 2. The smallest absolute Gasteiger partial charge is 0.0701 e. The number of likely N-dealkylation sites (N-methyl/N-ethyl adjacent to an activating group) is 1. The quantitative estimate of drug-likeness (QED) is 0.435. The molecule has 1 atom stereocenters. The lowest BCUT2D eigenvalue weighted by Gasteiger charge is -2.13. The van der Waals surface area contributed by atoms with Crippen LogP contribution in [-0.2, 0) is 9.47 Å². The lowest BCUT2D eigenvalue weighted by atomic mass is 10.2. The SMILES string of the molecule is C=CCC(COCCOC)NC. The monoisotopic (exact) mass is 173 g/mol. The molecule has 0 amide bonds. The van der Waals surface area contributed by atoms with Gasteiger partial charge < -0.3 is 14.8 Å². The van der Waals surface area contributed by atoms with Crippen molar-refractivity contribution in [1.82, 2.24) is 5.32 Å². The molecule has 0 saturated carbocycles. The van der Waals surface area contributed by atoms with E-state index in [1.54, 1.807) is 7.11 Å². The van der Waals surface area contributed by atoms with E-state index >= 15 is 0 Å². The van der Waals surface area contributed by atoms with E-state index in [1.165, 1.54) is 0 Å². The molecule has 0 aromatic heterocycles. The molecule has 0 aliphatic rings. The van der Waals surface area contributed by atoms with Crippen molar-refractivity contribution in [3.05, 3.63) is 12.7 Å². The summed E-state index contributed by atoms with van der Waals surface area (Å²) in [7, 11) is 3.59. The van der Waals surface area contributed by atoms with Crippen LogP contribution in [0.1, 0.15) is 6.42 Å². The second-order valence-corrected chi connectivity index (χ2v) is 2.58. The van der Waals surface area contributed by atoms with Gasteiger partial charge in [0.15, 0.2) is 0 Å². The predicted octanol–water partition coefficient (Wildman–Crippen LogP) is 0.813. The molecule has 0 fully saturated rings. The lowest BCUT2D eigenvalue weighted by molar-refractivity contribution is 0.0601. The van der Waals surface area contributed by atoms with Gasteiger partial charge in [0.1, 0.15) is 0 Å². The highest BCUT2D eigenvalue weighted by atomic mass is 16.5. The van der Waals surface area contributed by atoms with Crippen LogP contribution in [-0.4, -0.2) is 40.0 Å². The van der Waals surface area contributed by atoms with Crippen LogP contribution in [0.4, 0.5) is 0 Å². The van der Waals surface area contributed by atoms with E-state index in [0.29, 0.717) is 25.9 Å². The maximum absolute atomic E-state index is 5.34. The van der Waals surface area contributed by atoms with Gasteiger partial charge in [-0.1, -0.05) is 6.08 Å². The number of methoxy groups -OCH3 is 1. The summed E-state index contributed by atoms with van der Waals surface area (Å²) in [5, 5.41) is 3.14. The first-order valence-electron chi connectivity index (χ1n) is 4.20. The van der Waals surface area contributed by atoms with E-state index in [2.05, 4.69) is 11.9 Å². The second-order valence-electron chi connectivity index (χ2n) is 2.58. The molecular weight excluding hydrogens is 154 g/mol. The Hall–Kier alpha value is -0.380. The van der Waals surface area contributed by atoms with Crippen LogP contribution < -0.4 is 5.32 Å². The standard InChI is InChI=1S/C9H19NO2/c1-4-5-9(10-2)8-12-7-6-11-3/h4,9-10H,1,5-8H2,2-3H3. The molecule has 0 aromatic carbocycles. The molecule has 0 heterocycles. The average Bonchev–Trinajstić information content (AvgIpc) is 2.10. The summed E-state index contributed by atoms with van der Waals surface area (Å²) in [4.78, 5) is 0. The zero-order valence-electron chi connectivity index (χ0n) is 8.01. The van der Waals surface area contributed by atoms with E-state index in [0.717, 1.165) is 6.42 Å². The lowest BCUT2D eigenvalue weighted by Crippen LogP contribution is -2.30. The highest BCUT2D eigenvalue weighted by molar-refractivity contribution is 4.76. The van der Waals surface area contributed by atoms with Crippen LogP contribution in [0.25, 0.3) is 0 Å². The van der Waals surface area contributed by atoms with Gasteiger partial charge in [0.2, 0.25) is 0 Å². The minimum absolute atomic E-state index is 0.374. The topological polar surface area (TPSA) is 30.5 Å². The van der Waals surface area contributed by atoms with Crippen LogP contribution >= 0.6 is 0 Å². The third kappa shape index (κ3) is 6.34. The van der Waals surface area contributed by atoms with Crippen molar-refractivity contribution < 1.29 is 9.47 Å². The fraction of sp³-hybridized carbons (Fsp3) is 0.778. The Balaban J connectivity index is 3.25. The zero-order valence-corrected chi connectivity index (χ0v) is 8.01. The van der Waals surface area contributed by atoms with Gasteiger partial charge in [-0.25, -0.2) is 0 Å². The number of hydrogen-bond donors (Lipinski definition) is 1. The van der Waals surface area contributed by atoms with Gasteiger partial charge in [0, 0.05) is 13.2 Å². The minimum atomic E-state index is 0.374. The number of rotatable bonds is 8. The van der Waals surface area contributed by atoms with Gasteiger partial charge in [0.25, 0.3) is 0 Å². The highest BCUT2D eigenvalue weighted by Gasteiger charge is 2.02. The summed E-state index contributed by atoms with van der Waals surface area (Å²) in [6.45, 7) is 5.70. The van der Waals surface area contributed by atoms with Crippen molar-refractivity contribution in [2.24, 2.45) is 0 Å². The second kappa shape index (κ2) is 8.71. The van der Waals surface area contributed by atoms with Gasteiger partial charge in [0.05, 0.1) is 19.8 Å². The fourth-order valence-electron chi connectivity index (χ4n) is 0.838. The van der Waals surface area contributed by atoms with Crippen LogP contribution in [0.5, 0.6) is 0 Å². The van der Waals surface area contributed by atoms with Crippen molar-refractivity contribution in [2.75, 3.05) is 34.0 Å². The van der Waals surface area contributed by atoms with Crippen LogP contribution in [0.3, 0.4) is 0 Å². The molecule has 0 radical (unpaired) electrons. The maximum Gasteiger partial charge on any atom is 0.0701 e. The fourth-order valence-corrected chi connectivity index (χ4v) is 0.838. The Morgan fingerprint density at radius 3 is 2.75 bits per heavy atom. The molecule has 0 aliphatic heterocycles. The maximum atomic E-state index is 5.34. The summed E-state index contributed by atoms with van der Waals surface area (Å²) < 4.78 is 10.2. The molecular formula is C9H19NO2. The van der Waals surface area contributed by atoms with E-state index in [4.69, 9.17) is 9.47 Å². The summed E-state index contributed by atoms with van der Waals surface area (Å²) in [6.07, 6.45) is 2.82. The first kappa shape index (κ1) is 11.6. The molecule has 0 aromatic rings. The Morgan fingerprint density at radius 2 is 2.25 bits per heavy atom. The molecule has 3 heteroatoms. The van der Waals surface area contributed by atoms with Crippen molar-refractivity contribution in [3.63, 3.8) is 0 Å². The molecule has 1 N–H and O–H groups in total. The summed E-state index contributed by atoms with van der Waals surface area (Å²) >= 11 is 0. The molecule has 3 nitrogen and oxygen atoms in total. The van der Waals surface area contributed by atoms with E-state index in [1.807, 2.05) is 13.1 Å². The van der Waals surface area contributed by atoms with Gasteiger partial charge in [-0.2, -0.15) is 0 Å². The molecule has 12 heavy (non-hydrogen) atoms. The van der Waals surface area contributed by atoms with Crippen molar-refractivity contribution in [3.8, 4) is 0 Å². The highest BCUT2D eigenvalue weighted by Crippen LogP contribution is 1.92. The molecule has 72 valence electrons. The van der Waals surface area contributed by atoms with Gasteiger partial charge >= 0.3 is 0 Å². The van der Waals surface area contributed by atoms with Gasteiger partial charge in [-0.15, -0.1) is 6.58 Å². The third-order valence-corrected chi connectivity index (χ3v) is 1.61. The normalized spacial score (nSPS) is 12.8. The predicted molar refractivity (Wildman–Crippen MR) is 50.4 cm³/mol. The first-order chi connectivity index (χ1) is 5.85. The van der Waals surface area contributed by atoms with Gasteiger partial charge in [-0.3, -0.25) is 0 Å². The summed E-state index contributed by atoms with van der Waals surface area (Å²) in [5.74, 6) is 0. The Bertz CT molecular complexity index is 107. The Kier molecular flexibility index (Phi) is 8.44.